The van der Waals surface area contributed by atoms with E-state index in [9.17, 15) is 0 Å². The first-order valence-electron chi connectivity index (χ1n) is 16.3. The van der Waals surface area contributed by atoms with Crippen LogP contribution in [0.4, 0.5) is 0 Å². The molecule has 0 radical (unpaired) electrons. The van der Waals surface area contributed by atoms with Gasteiger partial charge in [0.1, 0.15) is 11.6 Å². The minimum Gasteiger partial charge on any atom is -0.327 e. The van der Waals surface area contributed by atoms with Crippen molar-refractivity contribution in [2.75, 3.05) is 0 Å². The number of fused-ring (bicyclic) bond motifs is 3. The maximum Gasteiger partial charge on any atom is 0.140 e. The minimum absolute atomic E-state index is 0.976. The molecule has 0 unspecified atom stereocenters. The molecule has 0 aliphatic rings. The average molecular weight is 617 g/mol. The molecule has 2 aromatic heterocycles. The molecule has 4 nitrogen and oxygen atoms in total. The van der Waals surface area contributed by atoms with E-state index >= 15 is 0 Å². The van der Waals surface area contributed by atoms with Gasteiger partial charge in [0.15, 0.2) is 0 Å². The molecule has 4 heteroatoms. The summed E-state index contributed by atoms with van der Waals surface area (Å²) >= 11 is 0. The van der Waals surface area contributed by atoms with Crippen molar-refractivity contribution < 1.29 is 0 Å². The predicted octanol–water partition coefficient (Wildman–Crippen LogP) is 10.9. The zero-order valence-electron chi connectivity index (χ0n) is 26.8. The zero-order chi connectivity index (χ0) is 32.2. The Hall–Kier alpha value is -6.26. The number of para-hydroxylation sites is 4. The number of hydrogen-bond acceptors (Lipinski definition) is 2. The first kappa shape index (κ1) is 28.0. The van der Waals surface area contributed by atoms with Crippen LogP contribution in [0.25, 0.3) is 89.0 Å². The van der Waals surface area contributed by atoms with Crippen molar-refractivity contribution in [1.82, 2.24) is 19.1 Å². The smallest absolute Gasteiger partial charge is 0.140 e. The second kappa shape index (κ2) is 11.2. The highest BCUT2D eigenvalue weighted by atomic mass is 15.1. The summed E-state index contributed by atoms with van der Waals surface area (Å²) in [5, 5.41) is 2.49. The van der Waals surface area contributed by atoms with Crippen LogP contribution < -0.4 is 0 Å². The summed E-state index contributed by atoms with van der Waals surface area (Å²) in [6.07, 6.45) is 0. The van der Waals surface area contributed by atoms with Crippen LogP contribution in [-0.2, 0) is 14.1 Å². The van der Waals surface area contributed by atoms with E-state index in [1.165, 1.54) is 44.2 Å². The van der Waals surface area contributed by atoms with Crippen LogP contribution in [0.1, 0.15) is 0 Å². The second-order valence-corrected chi connectivity index (χ2v) is 12.4. The molecule has 0 bridgehead atoms. The molecule has 9 rings (SSSR count). The van der Waals surface area contributed by atoms with Gasteiger partial charge in [-0.05, 0) is 68.4 Å². The SMILES string of the molecule is Cn1c(-c2ccc(-c3ccc(-c4cccc5c(-c6ccc(-c7nc8ccccc8n7C)cc6)cccc45)cc3)cc2)nc2ccccc21. The van der Waals surface area contributed by atoms with Gasteiger partial charge in [0.2, 0.25) is 0 Å². The fourth-order valence-corrected chi connectivity index (χ4v) is 7.07. The van der Waals surface area contributed by atoms with Gasteiger partial charge in [0, 0.05) is 25.2 Å². The molecule has 0 atom stereocenters. The highest BCUT2D eigenvalue weighted by Crippen LogP contribution is 2.37. The normalized spacial score (nSPS) is 11.5. The van der Waals surface area contributed by atoms with Gasteiger partial charge >= 0.3 is 0 Å². The first-order chi connectivity index (χ1) is 23.6. The fraction of sp³-hybridized carbons (Fsp3) is 0.0455. The highest BCUT2D eigenvalue weighted by Gasteiger charge is 2.13. The average Bonchev–Trinajstić information content (AvgIpc) is 3.67. The van der Waals surface area contributed by atoms with E-state index in [0.717, 1.165) is 44.8 Å². The zero-order valence-corrected chi connectivity index (χ0v) is 26.8. The van der Waals surface area contributed by atoms with Gasteiger partial charge in [0.25, 0.3) is 0 Å². The van der Waals surface area contributed by atoms with Crippen molar-refractivity contribution in [3.63, 3.8) is 0 Å². The Morgan fingerprint density at radius 1 is 0.333 bits per heavy atom. The van der Waals surface area contributed by atoms with Gasteiger partial charge in [-0.25, -0.2) is 9.97 Å². The largest absolute Gasteiger partial charge is 0.327 e. The molecule has 0 saturated heterocycles. The molecule has 0 N–H and O–H groups in total. The van der Waals surface area contributed by atoms with Crippen molar-refractivity contribution in [3.05, 3.63) is 158 Å². The number of rotatable bonds is 5. The van der Waals surface area contributed by atoms with Crippen LogP contribution in [0.2, 0.25) is 0 Å². The lowest BCUT2D eigenvalue weighted by atomic mass is 9.92. The van der Waals surface area contributed by atoms with Crippen molar-refractivity contribution in [1.29, 1.82) is 0 Å². The van der Waals surface area contributed by atoms with Gasteiger partial charge in [0.05, 0.1) is 22.1 Å². The summed E-state index contributed by atoms with van der Waals surface area (Å²) in [5.74, 6) is 1.95. The van der Waals surface area contributed by atoms with E-state index < -0.39 is 0 Å². The van der Waals surface area contributed by atoms with Gasteiger partial charge < -0.3 is 9.13 Å². The number of hydrogen-bond donors (Lipinski definition) is 0. The lowest BCUT2D eigenvalue weighted by Crippen LogP contribution is -1.92. The number of aromatic nitrogens is 4. The van der Waals surface area contributed by atoms with Crippen LogP contribution in [-0.4, -0.2) is 19.1 Å². The Morgan fingerprint density at radius 3 is 1.08 bits per heavy atom. The Morgan fingerprint density at radius 2 is 0.688 bits per heavy atom. The summed E-state index contributed by atoms with van der Waals surface area (Å²) in [6.45, 7) is 0. The van der Waals surface area contributed by atoms with Gasteiger partial charge in [-0.2, -0.15) is 0 Å². The third-order valence-corrected chi connectivity index (χ3v) is 9.62. The maximum absolute atomic E-state index is 4.89. The molecule has 7 aromatic carbocycles. The molecule has 0 aliphatic heterocycles. The van der Waals surface area contributed by atoms with Crippen molar-refractivity contribution in [2.24, 2.45) is 14.1 Å². The Labute approximate surface area is 279 Å². The minimum atomic E-state index is 0.976. The third kappa shape index (κ3) is 4.61. The lowest BCUT2D eigenvalue weighted by Gasteiger charge is -2.12. The van der Waals surface area contributed by atoms with E-state index in [1.807, 2.05) is 12.1 Å². The molecule has 0 amide bonds. The van der Waals surface area contributed by atoms with Gasteiger partial charge in [-0.3, -0.25) is 0 Å². The molecule has 228 valence electrons. The molecular formula is C44H32N4. The first-order valence-corrected chi connectivity index (χ1v) is 16.3. The summed E-state index contributed by atoms with van der Waals surface area (Å²) in [5.41, 5.74) is 13.8. The van der Waals surface area contributed by atoms with Crippen LogP contribution in [0, 0.1) is 0 Å². The van der Waals surface area contributed by atoms with Crippen LogP contribution in [0.15, 0.2) is 158 Å². The molecule has 0 saturated carbocycles. The van der Waals surface area contributed by atoms with Crippen LogP contribution >= 0.6 is 0 Å². The van der Waals surface area contributed by atoms with Crippen LogP contribution in [0.5, 0.6) is 0 Å². The number of nitrogens with zero attached hydrogens (tertiary/aromatic N) is 4. The Balaban J connectivity index is 1.01. The number of aryl methyl sites for hydroxylation is 2. The number of imidazole rings is 2. The summed E-state index contributed by atoms with van der Waals surface area (Å²) in [7, 11) is 4.16. The van der Waals surface area contributed by atoms with E-state index in [1.54, 1.807) is 0 Å². The van der Waals surface area contributed by atoms with Crippen LogP contribution in [0.3, 0.4) is 0 Å². The third-order valence-electron chi connectivity index (χ3n) is 9.62. The van der Waals surface area contributed by atoms with Crippen molar-refractivity contribution in [2.45, 2.75) is 0 Å². The fourth-order valence-electron chi connectivity index (χ4n) is 7.07. The lowest BCUT2D eigenvalue weighted by molar-refractivity contribution is 0.959. The molecular weight excluding hydrogens is 585 g/mol. The summed E-state index contributed by atoms with van der Waals surface area (Å²) in [6, 6.07) is 56.2. The monoisotopic (exact) mass is 616 g/mol. The Bertz CT molecular complexity index is 2600. The van der Waals surface area contributed by atoms with Gasteiger partial charge in [-0.15, -0.1) is 0 Å². The molecule has 0 fully saturated rings. The molecule has 0 spiro atoms. The van der Waals surface area contributed by atoms with E-state index in [0.29, 0.717) is 0 Å². The molecule has 9 aromatic rings. The summed E-state index contributed by atoms with van der Waals surface area (Å²) < 4.78 is 4.33. The van der Waals surface area contributed by atoms with Crippen molar-refractivity contribution in [3.8, 4) is 56.2 Å². The maximum atomic E-state index is 4.89. The predicted molar refractivity (Wildman–Crippen MR) is 200 cm³/mol. The molecule has 2 heterocycles. The topological polar surface area (TPSA) is 35.6 Å². The van der Waals surface area contributed by atoms with E-state index in [4.69, 9.17) is 9.97 Å². The second-order valence-electron chi connectivity index (χ2n) is 12.4. The van der Waals surface area contributed by atoms with E-state index in [2.05, 4.69) is 169 Å². The highest BCUT2D eigenvalue weighted by molar-refractivity contribution is 6.04. The van der Waals surface area contributed by atoms with Gasteiger partial charge in [-0.1, -0.05) is 133 Å². The standard InChI is InChI=1S/C44H32N4/c1-47-41-15-5-3-13-39(41)45-43(47)33-25-19-30(20-26-33)29-17-21-31(22-18-29)35-9-7-12-38-36(10-8-11-37(35)38)32-23-27-34(28-24-32)44-46-40-14-4-6-16-42(40)48(44)2/h3-28H,1-2H3. The molecule has 0 aliphatic carbocycles. The Kier molecular flexibility index (Phi) is 6.54. The quantitative estimate of drug-likeness (QED) is 0.193. The van der Waals surface area contributed by atoms with E-state index in [-0.39, 0.29) is 0 Å². The van der Waals surface area contributed by atoms with Crippen molar-refractivity contribution >= 4 is 32.8 Å². The molecule has 48 heavy (non-hydrogen) atoms. The number of benzene rings is 7. The summed E-state index contributed by atoms with van der Waals surface area (Å²) in [4.78, 5) is 9.76.